The molecule has 162 valence electrons. The molecule has 6 atom stereocenters. The van der Waals surface area contributed by atoms with E-state index in [1.54, 1.807) is 19.3 Å². The maximum Gasteiger partial charge on any atom is 0.217 e. The van der Waals surface area contributed by atoms with Crippen LogP contribution in [0.25, 0.3) is 0 Å². The molecule has 0 radical (unpaired) electrons. The van der Waals surface area contributed by atoms with E-state index in [0.29, 0.717) is 38.5 Å². The number of amides is 1. The van der Waals surface area contributed by atoms with Crippen molar-refractivity contribution in [1.82, 2.24) is 0 Å². The smallest absolute Gasteiger partial charge is 0.217 e. The summed E-state index contributed by atoms with van der Waals surface area (Å²) in [4.78, 5) is 10.9. The molecule has 1 saturated carbocycles. The average molecular weight is 402 g/mol. The van der Waals surface area contributed by atoms with Gasteiger partial charge in [0.25, 0.3) is 0 Å². The molecule has 4 N–H and O–H groups in total. The highest BCUT2D eigenvalue weighted by molar-refractivity contribution is 5.73. The zero-order valence-corrected chi connectivity index (χ0v) is 17.1. The van der Waals surface area contributed by atoms with Crippen LogP contribution in [-0.2, 0) is 14.3 Å². The summed E-state index contributed by atoms with van der Waals surface area (Å²) in [6.07, 6.45) is 8.46. The van der Waals surface area contributed by atoms with Gasteiger partial charge in [0, 0.05) is 44.6 Å². The molecule has 6 nitrogen and oxygen atoms in total. The van der Waals surface area contributed by atoms with E-state index in [-0.39, 0.29) is 18.2 Å². The zero-order valence-electron chi connectivity index (χ0n) is 17.1. The summed E-state index contributed by atoms with van der Waals surface area (Å²) in [5.74, 6) is -4.46. The fraction of sp³-hybridized carbons (Fsp3) is 0.857. The quantitative estimate of drug-likeness (QED) is 0.345. The summed E-state index contributed by atoms with van der Waals surface area (Å²) < 4.78 is 26.4. The summed E-state index contributed by atoms with van der Waals surface area (Å²) in [5, 5.41) is 20.3. The molecule has 0 aromatic rings. The number of unbranched alkanes of at least 4 members (excludes halogenated alkanes) is 3. The normalized spacial score (nSPS) is 36.1. The molecule has 0 bridgehead atoms. The molecule has 2 fully saturated rings. The lowest BCUT2D eigenvalue weighted by atomic mass is 9.86. The van der Waals surface area contributed by atoms with Gasteiger partial charge in [-0.1, -0.05) is 38.3 Å². The van der Waals surface area contributed by atoms with E-state index in [1.807, 2.05) is 0 Å². The second-order valence-electron chi connectivity index (χ2n) is 8.31. The summed E-state index contributed by atoms with van der Waals surface area (Å²) >= 11 is 0. The molecule has 7 heteroatoms. The van der Waals surface area contributed by atoms with E-state index in [0.717, 1.165) is 19.3 Å². The van der Waals surface area contributed by atoms with Crippen LogP contribution in [0.3, 0.4) is 0 Å². The van der Waals surface area contributed by atoms with Gasteiger partial charge in [0.2, 0.25) is 11.8 Å². The van der Waals surface area contributed by atoms with E-state index in [1.165, 1.54) is 0 Å². The minimum atomic E-state index is -2.35. The number of rotatable bonds is 12. The fourth-order valence-electron chi connectivity index (χ4n) is 4.53. The highest BCUT2D eigenvalue weighted by Crippen LogP contribution is 2.54. The van der Waals surface area contributed by atoms with Gasteiger partial charge in [-0.25, -0.2) is 4.39 Å². The van der Waals surface area contributed by atoms with Gasteiger partial charge in [-0.15, -0.1) is 0 Å². The minimum Gasteiger partial charge on any atom is -0.389 e. The number of carbonyl (C=O) groups excluding carboxylic acids is 1. The van der Waals surface area contributed by atoms with Crippen LogP contribution in [0.5, 0.6) is 0 Å². The lowest BCUT2D eigenvalue weighted by Gasteiger charge is -2.31. The highest BCUT2D eigenvalue weighted by Gasteiger charge is 2.60. The Kier molecular flexibility index (Phi) is 8.43. The molecule has 1 aliphatic carbocycles. The molecule has 0 aromatic heterocycles. The third kappa shape index (κ3) is 5.99. The van der Waals surface area contributed by atoms with Crippen LogP contribution in [-0.4, -0.2) is 47.1 Å². The Morgan fingerprint density at radius 1 is 1.36 bits per heavy atom. The predicted octanol–water partition coefficient (Wildman–Crippen LogP) is 2.96. The second-order valence-corrected chi connectivity index (χ2v) is 8.31. The number of alkyl halides is 1. The van der Waals surface area contributed by atoms with Crippen LogP contribution in [0.4, 0.5) is 4.39 Å². The fourth-order valence-corrected chi connectivity index (χ4v) is 4.53. The Morgan fingerprint density at radius 3 is 2.75 bits per heavy atom. The van der Waals surface area contributed by atoms with Crippen molar-refractivity contribution in [2.24, 2.45) is 17.6 Å². The van der Waals surface area contributed by atoms with Crippen LogP contribution in [0.15, 0.2) is 12.2 Å². The number of aliphatic hydroxyl groups excluding tert-OH is 1. The van der Waals surface area contributed by atoms with E-state index < -0.39 is 29.8 Å². The molecular formula is C21H36FNO5. The first-order valence-electron chi connectivity index (χ1n) is 10.5. The maximum atomic E-state index is 14.8. The van der Waals surface area contributed by atoms with Gasteiger partial charge in [-0.3, -0.25) is 4.79 Å². The van der Waals surface area contributed by atoms with E-state index >= 15 is 0 Å². The summed E-state index contributed by atoms with van der Waals surface area (Å²) in [5.41, 5.74) is 5.17. The molecule has 1 aliphatic heterocycles. The predicted molar refractivity (Wildman–Crippen MR) is 104 cm³/mol. The van der Waals surface area contributed by atoms with Crippen LogP contribution in [0.2, 0.25) is 0 Å². The number of nitrogens with two attached hydrogens (primary N) is 1. The van der Waals surface area contributed by atoms with Crippen molar-refractivity contribution in [3.8, 4) is 0 Å². The molecule has 1 heterocycles. The van der Waals surface area contributed by atoms with E-state index in [2.05, 4.69) is 6.92 Å². The molecule has 1 saturated heterocycles. The largest absolute Gasteiger partial charge is 0.389 e. The number of fused-ring (bicyclic) bond motifs is 1. The number of hydrogen-bond acceptors (Lipinski definition) is 5. The Bertz CT molecular complexity index is 541. The van der Waals surface area contributed by atoms with Crippen LogP contribution in [0.1, 0.15) is 71.1 Å². The number of aliphatic hydroxyl groups is 2. The molecule has 2 aliphatic rings. The van der Waals surface area contributed by atoms with Crippen LogP contribution < -0.4 is 5.73 Å². The van der Waals surface area contributed by atoms with Gasteiger partial charge in [0.15, 0.2) is 5.79 Å². The number of primary amides is 1. The van der Waals surface area contributed by atoms with Crippen LogP contribution in [0, 0.1) is 11.8 Å². The Labute approximate surface area is 167 Å². The monoisotopic (exact) mass is 401 g/mol. The van der Waals surface area contributed by atoms with Gasteiger partial charge < -0.3 is 25.4 Å². The number of halogens is 1. The van der Waals surface area contributed by atoms with Crippen molar-refractivity contribution < 1.29 is 28.9 Å². The Morgan fingerprint density at radius 2 is 2.11 bits per heavy atom. The van der Waals surface area contributed by atoms with E-state index in [9.17, 15) is 19.4 Å². The lowest BCUT2D eigenvalue weighted by molar-refractivity contribution is -0.227. The first-order valence-corrected chi connectivity index (χ1v) is 10.5. The second kappa shape index (κ2) is 10.1. The van der Waals surface area contributed by atoms with Gasteiger partial charge >= 0.3 is 0 Å². The van der Waals surface area contributed by atoms with Crippen LogP contribution >= 0.6 is 0 Å². The van der Waals surface area contributed by atoms with Gasteiger partial charge in [-0.2, -0.15) is 0 Å². The van der Waals surface area contributed by atoms with E-state index in [4.69, 9.17) is 15.2 Å². The molecule has 1 amide bonds. The summed E-state index contributed by atoms with van der Waals surface area (Å²) in [6.45, 7) is 2.10. The molecule has 2 rings (SSSR count). The average Bonchev–Trinajstić information content (AvgIpc) is 3.07. The maximum absolute atomic E-state index is 14.8. The number of ether oxygens (including phenoxy) is 2. The number of carbonyl (C=O) groups is 1. The Balaban J connectivity index is 1.97. The standard InChI is InChI=1S/C21H36FNO5/c1-3-4-5-8-15(24)10-11-17-16-13-20(27-2,12-7-6-9-19(23)25)28-18(16)14-21(17,22)26/h10-11,15-18,24,26H,3-9,12-14H2,1-2H3,(H2,23,25). The van der Waals surface area contributed by atoms with Crippen molar-refractivity contribution in [2.45, 2.75) is 95.0 Å². The third-order valence-electron chi connectivity index (χ3n) is 6.10. The SMILES string of the molecule is CCCCCC(O)C=CC1C2CC(CCCCC(N)=O)(OC)OC2CC1(O)F. The first-order chi connectivity index (χ1) is 13.2. The molecule has 0 aromatic carbocycles. The van der Waals surface area contributed by atoms with Gasteiger partial charge in [0.1, 0.15) is 0 Å². The number of hydrogen-bond donors (Lipinski definition) is 3. The Hall–Kier alpha value is -1.02. The van der Waals surface area contributed by atoms with Crippen molar-refractivity contribution in [3.05, 3.63) is 12.2 Å². The molecule has 6 unspecified atom stereocenters. The highest BCUT2D eigenvalue weighted by atomic mass is 19.2. The van der Waals surface area contributed by atoms with Crippen molar-refractivity contribution in [3.63, 3.8) is 0 Å². The van der Waals surface area contributed by atoms with Crippen molar-refractivity contribution >= 4 is 5.91 Å². The lowest BCUT2D eigenvalue weighted by Crippen LogP contribution is -2.36. The topological polar surface area (TPSA) is 102 Å². The number of methoxy groups -OCH3 is 1. The van der Waals surface area contributed by atoms with Gasteiger partial charge in [-0.05, 0) is 19.3 Å². The summed E-state index contributed by atoms with van der Waals surface area (Å²) in [6, 6.07) is 0. The third-order valence-corrected chi connectivity index (χ3v) is 6.10. The first kappa shape index (κ1) is 23.3. The summed E-state index contributed by atoms with van der Waals surface area (Å²) in [7, 11) is 1.57. The molecule has 28 heavy (non-hydrogen) atoms. The van der Waals surface area contributed by atoms with Crippen molar-refractivity contribution in [2.75, 3.05) is 7.11 Å². The van der Waals surface area contributed by atoms with Crippen molar-refractivity contribution in [1.29, 1.82) is 0 Å². The zero-order chi connectivity index (χ0) is 20.8. The molecular weight excluding hydrogens is 365 g/mol. The van der Waals surface area contributed by atoms with Gasteiger partial charge in [0.05, 0.1) is 12.2 Å². The molecule has 0 spiro atoms. The minimum absolute atomic E-state index is 0.106.